The summed E-state index contributed by atoms with van der Waals surface area (Å²) in [5.74, 6) is -0.206. The SMILES string of the molecule is Cn1cnc2ccc(-c3nc(C(=O)NCc4cscn4)c(N)nc3-c3ncco3)cc21. The molecule has 0 aliphatic rings. The molecule has 31 heavy (non-hydrogen) atoms. The summed E-state index contributed by atoms with van der Waals surface area (Å²) in [5, 5.41) is 4.64. The molecule has 0 bridgehead atoms. The minimum atomic E-state index is -0.445. The zero-order valence-corrected chi connectivity index (χ0v) is 17.1. The highest BCUT2D eigenvalue weighted by Crippen LogP contribution is 2.31. The van der Waals surface area contributed by atoms with Crippen molar-refractivity contribution in [2.45, 2.75) is 6.54 Å². The molecule has 0 saturated heterocycles. The molecule has 5 rings (SSSR count). The van der Waals surface area contributed by atoms with E-state index in [1.807, 2.05) is 35.2 Å². The van der Waals surface area contributed by atoms with Crippen molar-refractivity contribution >= 4 is 34.1 Å². The fourth-order valence-electron chi connectivity index (χ4n) is 3.16. The average Bonchev–Trinajstić information content (AvgIpc) is 3.55. The van der Waals surface area contributed by atoms with Gasteiger partial charge in [0, 0.05) is 18.0 Å². The average molecular weight is 432 g/mol. The molecule has 0 spiro atoms. The molecule has 0 fully saturated rings. The van der Waals surface area contributed by atoms with Crippen molar-refractivity contribution in [1.82, 2.24) is 34.8 Å². The maximum atomic E-state index is 12.8. The number of carbonyl (C=O) groups is 1. The second kappa shape index (κ2) is 7.61. The third-order valence-corrected chi connectivity index (χ3v) is 5.32. The van der Waals surface area contributed by atoms with E-state index in [9.17, 15) is 4.79 Å². The largest absolute Gasteiger partial charge is 0.443 e. The molecular formula is C20H16N8O2S. The number of thiazole rings is 1. The Morgan fingerprint density at radius 1 is 1.23 bits per heavy atom. The van der Waals surface area contributed by atoms with Gasteiger partial charge in [-0.05, 0) is 12.1 Å². The van der Waals surface area contributed by atoms with Crippen LogP contribution in [0.5, 0.6) is 0 Å². The van der Waals surface area contributed by atoms with Crippen molar-refractivity contribution in [3.63, 3.8) is 0 Å². The van der Waals surface area contributed by atoms with Crippen LogP contribution in [-0.4, -0.2) is 35.4 Å². The number of nitrogens with two attached hydrogens (primary N) is 1. The highest BCUT2D eigenvalue weighted by Gasteiger charge is 2.22. The molecule has 154 valence electrons. The van der Waals surface area contributed by atoms with Crippen LogP contribution >= 0.6 is 11.3 Å². The molecule has 5 aromatic rings. The van der Waals surface area contributed by atoms with Crippen LogP contribution in [0.15, 0.2) is 52.3 Å². The first-order valence-corrected chi connectivity index (χ1v) is 10.2. The van der Waals surface area contributed by atoms with Gasteiger partial charge >= 0.3 is 0 Å². The standard InChI is InChI=1S/C20H16N8O2S/c1-28-9-24-13-3-2-11(6-14(13)28)15-16(20-22-4-5-30-20)27-18(21)17(26-15)19(29)23-7-12-8-31-10-25-12/h2-6,8-10H,7H2,1H3,(H2,21,27)(H,23,29). The van der Waals surface area contributed by atoms with Crippen LogP contribution in [0, 0.1) is 0 Å². The number of oxazole rings is 1. The van der Waals surface area contributed by atoms with Crippen LogP contribution in [0.2, 0.25) is 0 Å². The molecule has 4 heterocycles. The molecule has 1 aromatic carbocycles. The topological polar surface area (TPSA) is 138 Å². The number of amides is 1. The Hall–Kier alpha value is -4.12. The molecule has 0 unspecified atom stereocenters. The molecule has 3 N–H and O–H groups in total. The summed E-state index contributed by atoms with van der Waals surface area (Å²) in [6.45, 7) is 0.265. The summed E-state index contributed by atoms with van der Waals surface area (Å²) >= 11 is 1.45. The van der Waals surface area contributed by atoms with E-state index in [1.54, 1.807) is 11.8 Å². The molecule has 11 heteroatoms. The molecule has 10 nitrogen and oxygen atoms in total. The molecule has 4 aromatic heterocycles. The number of benzene rings is 1. The van der Waals surface area contributed by atoms with Crippen LogP contribution in [0.1, 0.15) is 16.2 Å². The third kappa shape index (κ3) is 3.51. The van der Waals surface area contributed by atoms with Gasteiger partial charge in [0.25, 0.3) is 5.91 Å². The Morgan fingerprint density at radius 3 is 2.90 bits per heavy atom. The van der Waals surface area contributed by atoms with E-state index in [2.05, 4.69) is 30.2 Å². The monoisotopic (exact) mass is 432 g/mol. The first-order valence-electron chi connectivity index (χ1n) is 9.24. The number of anilines is 1. The van der Waals surface area contributed by atoms with Crippen LogP contribution < -0.4 is 11.1 Å². The van der Waals surface area contributed by atoms with Gasteiger partial charge in [0.05, 0.1) is 41.3 Å². The second-order valence-corrected chi connectivity index (χ2v) is 7.43. The minimum Gasteiger partial charge on any atom is -0.443 e. The summed E-state index contributed by atoms with van der Waals surface area (Å²) in [5.41, 5.74) is 11.8. The van der Waals surface area contributed by atoms with E-state index in [4.69, 9.17) is 10.2 Å². The van der Waals surface area contributed by atoms with Gasteiger partial charge in [-0.15, -0.1) is 11.3 Å². The molecule has 0 aliphatic heterocycles. The van der Waals surface area contributed by atoms with Gasteiger partial charge in [-0.3, -0.25) is 4.79 Å². The van der Waals surface area contributed by atoms with Crippen LogP contribution in [0.25, 0.3) is 33.9 Å². The predicted octanol–water partition coefficient (Wildman–Crippen LogP) is 2.65. The summed E-state index contributed by atoms with van der Waals surface area (Å²) in [7, 11) is 1.90. The van der Waals surface area contributed by atoms with Gasteiger partial charge in [-0.25, -0.2) is 24.9 Å². The number of imidazole rings is 1. The summed E-state index contributed by atoms with van der Waals surface area (Å²) in [6, 6.07) is 5.66. The molecule has 0 radical (unpaired) electrons. The molecule has 0 atom stereocenters. The molecule has 0 saturated carbocycles. The summed E-state index contributed by atoms with van der Waals surface area (Å²) < 4.78 is 7.33. The highest BCUT2D eigenvalue weighted by atomic mass is 32.1. The highest BCUT2D eigenvalue weighted by molar-refractivity contribution is 7.07. The van der Waals surface area contributed by atoms with Crippen LogP contribution in [0.4, 0.5) is 5.82 Å². The van der Waals surface area contributed by atoms with E-state index in [1.165, 1.54) is 23.8 Å². The number of hydrogen-bond donors (Lipinski definition) is 2. The number of nitrogens with one attached hydrogen (secondary N) is 1. The van der Waals surface area contributed by atoms with Gasteiger partial charge in [0.2, 0.25) is 5.89 Å². The lowest BCUT2D eigenvalue weighted by molar-refractivity contribution is 0.0946. The van der Waals surface area contributed by atoms with Crippen molar-refractivity contribution in [3.05, 3.63) is 59.3 Å². The maximum absolute atomic E-state index is 12.8. The fraction of sp³-hybridized carbons (Fsp3) is 0.100. The lowest BCUT2D eigenvalue weighted by Gasteiger charge is -2.11. The van der Waals surface area contributed by atoms with Gasteiger partial charge in [-0.2, -0.15) is 0 Å². The van der Waals surface area contributed by atoms with Crippen molar-refractivity contribution in [3.8, 4) is 22.8 Å². The number of aromatic nitrogens is 6. The number of fused-ring (bicyclic) bond motifs is 1. The lowest BCUT2D eigenvalue weighted by Crippen LogP contribution is -2.26. The van der Waals surface area contributed by atoms with E-state index in [0.29, 0.717) is 11.4 Å². The lowest BCUT2D eigenvalue weighted by atomic mass is 10.1. The Labute approximate surface area is 179 Å². The zero-order chi connectivity index (χ0) is 21.4. The summed E-state index contributed by atoms with van der Waals surface area (Å²) in [6.07, 6.45) is 4.68. The predicted molar refractivity (Wildman–Crippen MR) is 115 cm³/mol. The first-order chi connectivity index (χ1) is 15.1. The van der Waals surface area contributed by atoms with Crippen LogP contribution in [-0.2, 0) is 13.6 Å². The fourth-order valence-corrected chi connectivity index (χ4v) is 3.72. The number of nitrogens with zero attached hydrogens (tertiary/aromatic N) is 6. The molecule has 1 amide bonds. The number of nitrogen functional groups attached to an aromatic ring is 1. The zero-order valence-electron chi connectivity index (χ0n) is 16.3. The normalized spacial score (nSPS) is 11.1. The Balaban J connectivity index is 1.60. The maximum Gasteiger partial charge on any atom is 0.274 e. The third-order valence-electron chi connectivity index (χ3n) is 4.69. The van der Waals surface area contributed by atoms with Gasteiger partial charge < -0.3 is 20.0 Å². The Kier molecular flexibility index (Phi) is 4.64. The number of rotatable bonds is 5. The van der Waals surface area contributed by atoms with E-state index >= 15 is 0 Å². The van der Waals surface area contributed by atoms with E-state index < -0.39 is 5.91 Å². The summed E-state index contributed by atoms with van der Waals surface area (Å²) in [4.78, 5) is 34.5. The molecule has 0 aliphatic carbocycles. The van der Waals surface area contributed by atoms with Crippen molar-refractivity contribution in [2.75, 3.05) is 5.73 Å². The first kappa shape index (κ1) is 18.9. The molecular weight excluding hydrogens is 416 g/mol. The second-order valence-electron chi connectivity index (χ2n) is 6.71. The van der Waals surface area contributed by atoms with Crippen molar-refractivity contribution < 1.29 is 9.21 Å². The number of carbonyl (C=O) groups excluding carboxylic acids is 1. The van der Waals surface area contributed by atoms with Crippen molar-refractivity contribution in [2.24, 2.45) is 7.05 Å². The van der Waals surface area contributed by atoms with E-state index in [-0.39, 0.29) is 23.9 Å². The van der Waals surface area contributed by atoms with E-state index in [0.717, 1.165) is 22.3 Å². The van der Waals surface area contributed by atoms with Gasteiger partial charge in [-0.1, -0.05) is 6.07 Å². The van der Waals surface area contributed by atoms with Gasteiger partial charge in [0.15, 0.2) is 17.2 Å². The number of aryl methyl sites for hydroxylation is 1. The quantitative estimate of drug-likeness (QED) is 0.432. The number of hydrogen-bond acceptors (Lipinski definition) is 9. The van der Waals surface area contributed by atoms with Crippen LogP contribution in [0.3, 0.4) is 0 Å². The Morgan fingerprint density at radius 2 is 2.13 bits per heavy atom. The smallest absolute Gasteiger partial charge is 0.274 e. The van der Waals surface area contributed by atoms with Gasteiger partial charge in [0.1, 0.15) is 12.0 Å². The Bertz CT molecular complexity index is 1380. The minimum absolute atomic E-state index is 0.0191. The van der Waals surface area contributed by atoms with Crippen molar-refractivity contribution in [1.29, 1.82) is 0 Å².